The van der Waals surface area contributed by atoms with Gasteiger partial charge < -0.3 is 0 Å². The molecular formula is C7H13NS. The average molecular weight is 143 g/mol. The van der Waals surface area contributed by atoms with Crippen LogP contribution >= 0.6 is 11.8 Å². The summed E-state index contributed by atoms with van der Waals surface area (Å²) in [5.41, 5.74) is 1.09. The van der Waals surface area contributed by atoms with Crippen LogP contribution in [0.5, 0.6) is 0 Å². The van der Waals surface area contributed by atoms with Crippen LogP contribution in [0, 0.1) is 0 Å². The third-order valence-corrected chi connectivity index (χ3v) is 1.72. The molecule has 0 radical (unpaired) electrons. The van der Waals surface area contributed by atoms with Crippen molar-refractivity contribution < 1.29 is 0 Å². The number of aliphatic imine (C=N–C) groups is 1. The molecule has 0 N–H and O–H groups in total. The van der Waals surface area contributed by atoms with Crippen molar-refractivity contribution in [2.24, 2.45) is 4.99 Å². The molecule has 0 saturated carbocycles. The predicted octanol–water partition coefficient (Wildman–Crippen LogP) is 2.69. The minimum absolute atomic E-state index is 0.983. The second-order valence-electron chi connectivity index (χ2n) is 1.58. The van der Waals surface area contributed by atoms with E-state index in [4.69, 9.17) is 0 Å². The fraction of sp³-hybridized carbons (Fsp3) is 0.571. The Morgan fingerprint density at radius 1 is 1.67 bits per heavy atom. The lowest BCUT2D eigenvalue weighted by atomic mass is 10.4. The highest BCUT2D eigenvalue weighted by Crippen LogP contribution is 2.09. The summed E-state index contributed by atoms with van der Waals surface area (Å²) in [6.45, 7) is 7.66. The van der Waals surface area contributed by atoms with E-state index in [1.165, 1.54) is 0 Å². The molecule has 1 nitrogen and oxygen atoms in total. The Labute approximate surface area is 61.3 Å². The zero-order chi connectivity index (χ0) is 7.11. The molecule has 0 unspecified atom stereocenters. The van der Waals surface area contributed by atoms with Crippen LogP contribution in [0.3, 0.4) is 0 Å². The fourth-order valence-electron chi connectivity index (χ4n) is 0.412. The maximum Gasteiger partial charge on any atom is 0.0456 e. The van der Waals surface area contributed by atoms with E-state index in [1.54, 1.807) is 11.8 Å². The van der Waals surface area contributed by atoms with Gasteiger partial charge in [-0.15, -0.1) is 11.8 Å². The van der Waals surface area contributed by atoms with Crippen LogP contribution in [-0.2, 0) is 0 Å². The largest absolute Gasteiger partial charge is 0.269 e. The van der Waals surface area contributed by atoms with Crippen LogP contribution in [0.1, 0.15) is 20.3 Å². The van der Waals surface area contributed by atoms with Crippen LogP contribution in [0.4, 0.5) is 0 Å². The zero-order valence-electron chi connectivity index (χ0n) is 6.05. The smallest absolute Gasteiger partial charge is 0.0456 e. The van der Waals surface area contributed by atoms with Gasteiger partial charge in [0.15, 0.2) is 0 Å². The summed E-state index contributed by atoms with van der Waals surface area (Å²) in [6.07, 6.45) is 0.983. The first-order valence-corrected chi connectivity index (χ1v) is 4.17. The molecule has 0 aliphatic carbocycles. The van der Waals surface area contributed by atoms with E-state index in [1.807, 2.05) is 0 Å². The molecule has 9 heavy (non-hydrogen) atoms. The molecule has 2 heteroatoms. The Morgan fingerprint density at radius 2 is 2.33 bits per heavy atom. The predicted molar refractivity (Wildman–Crippen MR) is 46.1 cm³/mol. The van der Waals surface area contributed by atoms with Gasteiger partial charge in [-0.05, 0) is 24.3 Å². The van der Waals surface area contributed by atoms with Gasteiger partial charge in [-0.1, -0.05) is 13.8 Å². The SMILES string of the molecule is C=N/C(=C\SCC)CC. The Kier molecular flexibility index (Phi) is 5.73. The Bertz CT molecular complexity index is 107. The standard InChI is InChI=1S/C7H13NS/c1-4-7(8-3)6-9-5-2/h6H,3-5H2,1-2H3/b7-6-. The lowest BCUT2D eigenvalue weighted by molar-refractivity contribution is 1.08. The third kappa shape index (κ3) is 4.28. The molecule has 0 aromatic rings. The summed E-state index contributed by atoms with van der Waals surface area (Å²) in [7, 11) is 0. The van der Waals surface area contributed by atoms with Gasteiger partial charge in [-0.2, -0.15) is 0 Å². The molecular weight excluding hydrogens is 130 g/mol. The molecule has 0 spiro atoms. The molecule has 52 valence electrons. The average Bonchev–Trinajstić information content (AvgIpc) is 1.91. The summed E-state index contributed by atoms with van der Waals surface area (Å²) >= 11 is 1.77. The van der Waals surface area contributed by atoms with Gasteiger partial charge in [0.2, 0.25) is 0 Å². The summed E-state index contributed by atoms with van der Waals surface area (Å²) < 4.78 is 0. The highest BCUT2D eigenvalue weighted by Gasteiger charge is 1.84. The van der Waals surface area contributed by atoms with Crippen molar-refractivity contribution >= 4 is 18.5 Å². The molecule has 0 atom stereocenters. The number of thioether (sulfide) groups is 1. The van der Waals surface area contributed by atoms with Crippen molar-refractivity contribution in [2.45, 2.75) is 20.3 Å². The summed E-state index contributed by atoms with van der Waals surface area (Å²) in [4.78, 5) is 3.83. The highest BCUT2D eigenvalue weighted by molar-refractivity contribution is 8.02. The first-order valence-electron chi connectivity index (χ1n) is 3.12. The normalized spacial score (nSPS) is 11.6. The van der Waals surface area contributed by atoms with Crippen molar-refractivity contribution in [1.29, 1.82) is 0 Å². The van der Waals surface area contributed by atoms with Gasteiger partial charge >= 0.3 is 0 Å². The number of allylic oxidation sites excluding steroid dienone is 1. The molecule has 0 rings (SSSR count). The lowest BCUT2D eigenvalue weighted by Crippen LogP contribution is -1.71. The summed E-state index contributed by atoms with van der Waals surface area (Å²) in [5, 5.41) is 2.06. The Balaban J connectivity index is 3.61. The number of nitrogens with zero attached hydrogens (tertiary/aromatic N) is 1. The summed E-state index contributed by atoms with van der Waals surface area (Å²) in [5.74, 6) is 1.11. The quantitative estimate of drug-likeness (QED) is 0.551. The lowest BCUT2D eigenvalue weighted by Gasteiger charge is -1.92. The monoisotopic (exact) mass is 143 g/mol. The maximum absolute atomic E-state index is 3.83. The summed E-state index contributed by atoms with van der Waals surface area (Å²) in [6, 6.07) is 0. The molecule has 0 aliphatic rings. The van der Waals surface area contributed by atoms with Crippen molar-refractivity contribution in [2.75, 3.05) is 5.75 Å². The van der Waals surface area contributed by atoms with Crippen LogP contribution in [0.25, 0.3) is 0 Å². The van der Waals surface area contributed by atoms with E-state index in [0.29, 0.717) is 0 Å². The molecule has 0 aromatic heterocycles. The first-order chi connectivity index (χ1) is 4.35. The molecule has 0 heterocycles. The molecule has 0 amide bonds. The Morgan fingerprint density at radius 3 is 2.67 bits per heavy atom. The van der Waals surface area contributed by atoms with Crippen LogP contribution in [0.15, 0.2) is 16.1 Å². The Hall–Kier alpha value is -0.240. The van der Waals surface area contributed by atoms with Crippen molar-refractivity contribution in [3.63, 3.8) is 0 Å². The van der Waals surface area contributed by atoms with Gasteiger partial charge in [0.1, 0.15) is 0 Å². The van der Waals surface area contributed by atoms with E-state index >= 15 is 0 Å². The van der Waals surface area contributed by atoms with Crippen molar-refractivity contribution in [1.82, 2.24) is 0 Å². The van der Waals surface area contributed by atoms with E-state index in [-0.39, 0.29) is 0 Å². The van der Waals surface area contributed by atoms with Crippen LogP contribution in [0.2, 0.25) is 0 Å². The van der Waals surface area contributed by atoms with E-state index in [9.17, 15) is 0 Å². The van der Waals surface area contributed by atoms with Crippen LogP contribution < -0.4 is 0 Å². The molecule has 0 saturated heterocycles. The molecule has 0 fully saturated rings. The first kappa shape index (κ1) is 8.76. The maximum atomic E-state index is 3.83. The van der Waals surface area contributed by atoms with Crippen molar-refractivity contribution in [3.05, 3.63) is 11.1 Å². The molecule has 0 aliphatic heterocycles. The van der Waals surface area contributed by atoms with E-state index in [0.717, 1.165) is 17.9 Å². The molecule has 0 aromatic carbocycles. The van der Waals surface area contributed by atoms with Gasteiger partial charge in [0, 0.05) is 5.70 Å². The minimum atomic E-state index is 0.983. The topological polar surface area (TPSA) is 12.4 Å². The third-order valence-electron chi connectivity index (χ3n) is 0.951. The number of hydrogen-bond acceptors (Lipinski definition) is 2. The number of rotatable bonds is 4. The van der Waals surface area contributed by atoms with E-state index < -0.39 is 0 Å². The van der Waals surface area contributed by atoms with Gasteiger partial charge in [-0.25, -0.2) is 0 Å². The zero-order valence-corrected chi connectivity index (χ0v) is 6.87. The fourth-order valence-corrected chi connectivity index (χ4v) is 1.01. The van der Waals surface area contributed by atoms with Gasteiger partial charge in [0.25, 0.3) is 0 Å². The highest BCUT2D eigenvalue weighted by atomic mass is 32.2. The van der Waals surface area contributed by atoms with Gasteiger partial charge in [0.05, 0.1) is 0 Å². The van der Waals surface area contributed by atoms with Crippen molar-refractivity contribution in [3.8, 4) is 0 Å². The van der Waals surface area contributed by atoms with Gasteiger partial charge in [-0.3, -0.25) is 4.99 Å². The van der Waals surface area contributed by atoms with E-state index in [2.05, 4.69) is 31.0 Å². The number of hydrogen-bond donors (Lipinski definition) is 0. The second-order valence-corrected chi connectivity index (χ2v) is 2.72. The minimum Gasteiger partial charge on any atom is -0.269 e. The molecule has 0 bridgehead atoms. The second kappa shape index (κ2) is 5.89. The van der Waals surface area contributed by atoms with Crippen LogP contribution in [-0.4, -0.2) is 12.5 Å².